The van der Waals surface area contributed by atoms with Gasteiger partial charge in [0, 0.05) is 24.0 Å². The fourth-order valence-corrected chi connectivity index (χ4v) is 2.04. The number of rotatable bonds is 4. The Morgan fingerprint density at radius 3 is 2.63 bits per heavy atom. The second kappa shape index (κ2) is 4.68. The third kappa shape index (κ3) is 2.94. The molecule has 6 heteroatoms. The van der Waals surface area contributed by atoms with Gasteiger partial charge in [-0.2, -0.15) is 0 Å². The summed E-state index contributed by atoms with van der Waals surface area (Å²) in [4.78, 5) is 29.1. The highest BCUT2D eigenvalue weighted by atomic mass is 16.4. The Bertz CT molecular complexity index is 541. The van der Waals surface area contributed by atoms with Crippen molar-refractivity contribution >= 4 is 11.8 Å². The van der Waals surface area contributed by atoms with E-state index in [1.54, 1.807) is 21.9 Å². The molecular weight excluding hydrogens is 246 g/mol. The van der Waals surface area contributed by atoms with Gasteiger partial charge in [-0.1, -0.05) is 0 Å². The van der Waals surface area contributed by atoms with Crippen LogP contribution in [0.2, 0.25) is 0 Å². The molecule has 0 bridgehead atoms. The first kappa shape index (κ1) is 13.6. The molecule has 1 aromatic heterocycles. The summed E-state index contributed by atoms with van der Waals surface area (Å²) in [6, 6.07) is 0.132. The summed E-state index contributed by atoms with van der Waals surface area (Å²) in [5.41, 5.74) is -0.587. The van der Waals surface area contributed by atoms with Crippen molar-refractivity contribution < 1.29 is 9.90 Å². The van der Waals surface area contributed by atoms with Crippen molar-refractivity contribution in [3.05, 3.63) is 22.7 Å². The maximum Gasteiger partial charge on any atom is 0.323 e. The van der Waals surface area contributed by atoms with Gasteiger partial charge in [-0.3, -0.25) is 9.59 Å². The summed E-state index contributed by atoms with van der Waals surface area (Å²) in [6.45, 7) is 5.60. The van der Waals surface area contributed by atoms with Gasteiger partial charge in [0.15, 0.2) is 5.82 Å². The third-order valence-corrected chi connectivity index (χ3v) is 3.11. The summed E-state index contributed by atoms with van der Waals surface area (Å²) < 4.78 is 1.59. The van der Waals surface area contributed by atoms with E-state index in [2.05, 4.69) is 4.98 Å². The van der Waals surface area contributed by atoms with Crippen molar-refractivity contribution in [2.45, 2.75) is 45.2 Å². The fourth-order valence-electron chi connectivity index (χ4n) is 2.04. The lowest BCUT2D eigenvalue weighted by atomic mass is 10.1. The van der Waals surface area contributed by atoms with Crippen LogP contribution in [-0.4, -0.2) is 33.2 Å². The van der Waals surface area contributed by atoms with E-state index < -0.39 is 5.97 Å². The van der Waals surface area contributed by atoms with Crippen molar-refractivity contribution in [1.82, 2.24) is 9.55 Å². The molecule has 0 unspecified atom stereocenters. The molecule has 0 spiro atoms. The largest absolute Gasteiger partial charge is 0.480 e. The van der Waals surface area contributed by atoms with Gasteiger partial charge in [0.2, 0.25) is 0 Å². The SMILES string of the molecule is CC(C)(C)n1ccnc(N(CC(=O)O)C2CC2)c1=O. The predicted molar refractivity (Wildman–Crippen MR) is 71.5 cm³/mol. The van der Waals surface area contributed by atoms with Crippen LogP contribution in [0.1, 0.15) is 33.6 Å². The molecule has 0 aromatic carbocycles. The van der Waals surface area contributed by atoms with Gasteiger partial charge in [0.25, 0.3) is 5.56 Å². The molecule has 1 heterocycles. The Hall–Kier alpha value is -1.85. The topological polar surface area (TPSA) is 75.4 Å². The lowest BCUT2D eigenvalue weighted by Crippen LogP contribution is -2.41. The highest BCUT2D eigenvalue weighted by molar-refractivity contribution is 5.73. The van der Waals surface area contributed by atoms with E-state index in [1.165, 1.54) is 0 Å². The standard InChI is InChI=1S/C13H19N3O3/c1-13(2,3)16-7-6-14-11(12(16)19)15(8-10(17)18)9-4-5-9/h6-7,9H,4-5,8H2,1-3H3,(H,17,18). The van der Waals surface area contributed by atoms with Crippen molar-refractivity contribution in [3.63, 3.8) is 0 Å². The second-order valence-corrected chi connectivity index (χ2v) is 5.85. The van der Waals surface area contributed by atoms with Gasteiger partial charge in [0.05, 0.1) is 0 Å². The van der Waals surface area contributed by atoms with E-state index in [4.69, 9.17) is 5.11 Å². The number of carboxylic acid groups (broad SMARTS) is 1. The fraction of sp³-hybridized carbons (Fsp3) is 0.615. The van der Waals surface area contributed by atoms with Crippen LogP contribution in [0.3, 0.4) is 0 Å². The zero-order chi connectivity index (χ0) is 14.2. The molecule has 1 aliphatic carbocycles. The minimum atomic E-state index is -0.945. The van der Waals surface area contributed by atoms with E-state index in [9.17, 15) is 9.59 Å². The van der Waals surface area contributed by atoms with Crippen LogP contribution in [-0.2, 0) is 10.3 Å². The minimum absolute atomic E-state index is 0.132. The smallest absolute Gasteiger partial charge is 0.323 e. The van der Waals surface area contributed by atoms with Crippen LogP contribution in [0, 0.1) is 0 Å². The maximum absolute atomic E-state index is 12.4. The van der Waals surface area contributed by atoms with Crippen molar-refractivity contribution in [1.29, 1.82) is 0 Å². The zero-order valence-corrected chi connectivity index (χ0v) is 11.5. The number of anilines is 1. The molecule has 1 saturated carbocycles. The Morgan fingerprint density at radius 1 is 1.53 bits per heavy atom. The van der Waals surface area contributed by atoms with E-state index in [0.29, 0.717) is 0 Å². The summed E-state index contributed by atoms with van der Waals surface area (Å²) >= 11 is 0. The van der Waals surface area contributed by atoms with Crippen LogP contribution in [0.5, 0.6) is 0 Å². The normalized spacial score (nSPS) is 15.3. The first-order valence-corrected chi connectivity index (χ1v) is 6.37. The molecule has 0 saturated heterocycles. The molecule has 0 aliphatic heterocycles. The molecule has 1 aromatic rings. The molecule has 2 rings (SSSR count). The van der Waals surface area contributed by atoms with Crippen LogP contribution >= 0.6 is 0 Å². The number of carbonyl (C=O) groups is 1. The monoisotopic (exact) mass is 265 g/mol. The molecule has 6 nitrogen and oxygen atoms in total. The average Bonchev–Trinajstić information content (AvgIpc) is 3.08. The van der Waals surface area contributed by atoms with Gasteiger partial charge in [0.1, 0.15) is 6.54 Å². The summed E-state index contributed by atoms with van der Waals surface area (Å²) in [6.07, 6.45) is 5.02. The lowest BCUT2D eigenvalue weighted by molar-refractivity contribution is -0.135. The summed E-state index contributed by atoms with van der Waals surface area (Å²) in [5, 5.41) is 8.96. The molecule has 19 heavy (non-hydrogen) atoms. The number of hydrogen-bond acceptors (Lipinski definition) is 4. The van der Waals surface area contributed by atoms with Gasteiger partial charge < -0.3 is 14.6 Å². The van der Waals surface area contributed by atoms with Gasteiger partial charge in [-0.05, 0) is 33.6 Å². The first-order valence-electron chi connectivity index (χ1n) is 6.37. The quantitative estimate of drug-likeness (QED) is 0.880. The predicted octanol–water partition coefficient (Wildman–Crippen LogP) is 1.05. The van der Waals surface area contributed by atoms with Gasteiger partial charge in [-0.25, -0.2) is 4.98 Å². The molecule has 104 valence electrons. The number of carboxylic acids is 1. The molecule has 1 aliphatic rings. The Balaban J connectivity index is 2.43. The number of hydrogen-bond donors (Lipinski definition) is 1. The Morgan fingerprint density at radius 2 is 2.16 bits per heavy atom. The number of nitrogens with zero attached hydrogens (tertiary/aromatic N) is 3. The lowest BCUT2D eigenvalue weighted by Gasteiger charge is -2.26. The van der Waals surface area contributed by atoms with Crippen LogP contribution in [0.25, 0.3) is 0 Å². The van der Waals surface area contributed by atoms with E-state index >= 15 is 0 Å². The minimum Gasteiger partial charge on any atom is -0.480 e. The van der Waals surface area contributed by atoms with E-state index in [-0.39, 0.29) is 29.5 Å². The van der Waals surface area contributed by atoms with E-state index in [1.807, 2.05) is 20.8 Å². The summed E-state index contributed by atoms with van der Waals surface area (Å²) in [5.74, 6) is -0.707. The molecule has 1 fully saturated rings. The summed E-state index contributed by atoms with van der Waals surface area (Å²) in [7, 11) is 0. The molecular formula is C13H19N3O3. The average molecular weight is 265 g/mol. The number of aliphatic carboxylic acids is 1. The zero-order valence-electron chi connectivity index (χ0n) is 11.5. The van der Waals surface area contributed by atoms with Crippen LogP contribution in [0.4, 0.5) is 5.82 Å². The maximum atomic E-state index is 12.4. The number of aromatic nitrogens is 2. The molecule has 1 N–H and O–H groups in total. The molecule has 0 amide bonds. The van der Waals surface area contributed by atoms with Gasteiger partial charge in [-0.15, -0.1) is 0 Å². The van der Waals surface area contributed by atoms with Crippen molar-refractivity contribution in [2.75, 3.05) is 11.4 Å². The van der Waals surface area contributed by atoms with Crippen LogP contribution < -0.4 is 10.5 Å². The second-order valence-electron chi connectivity index (χ2n) is 5.85. The Labute approximate surface area is 111 Å². The Kier molecular flexibility index (Phi) is 3.34. The third-order valence-electron chi connectivity index (χ3n) is 3.11. The first-order chi connectivity index (χ1) is 8.80. The van der Waals surface area contributed by atoms with Crippen LogP contribution in [0.15, 0.2) is 17.2 Å². The van der Waals surface area contributed by atoms with Gasteiger partial charge >= 0.3 is 5.97 Å². The highest BCUT2D eigenvalue weighted by Crippen LogP contribution is 2.29. The van der Waals surface area contributed by atoms with Crippen molar-refractivity contribution in [3.8, 4) is 0 Å². The van der Waals surface area contributed by atoms with Crippen molar-refractivity contribution in [2.24, 2.45) is 0 Å². The molecule has 0 atom stereocenters. The van der Waals surface area contributed by atoms with E-state index in [0.717, 1.165) is 12.8 Å². The highest BCUT2D eigenvalue weighted by Gasteiger charge is 2.33. The molecule has 0 radical (unpaired) electrons.